The summed E-state index contributed by atoms with van der Waals surface area (Å²) in [5, 5.41) is 9.32. The minimum atomic E-state index is -0.517. The van der Waals surface area contributed by atoms with Crippen LogP contribution in [0.5, 0.6) is 0 Å². The fourth-order valence-corrected chi connectivity index (χ4v) is 1.47. The summed E-state index contributed by atoms with van der Waals surface area (Å²) in [6.45, 7) is 1.19. The number of rotatable bonds is 5. The molecule has 2 nitrogen and oxygen atoms in total. The maximum absolute atomic E-state index is 12.6. The molecule has 1 rings (SSSR count). The molecule has 1 N–H and O–H groups in total. The van der Waals surface area contributed by atoms with E-state index in [1.807, 2.05) is 11.9 Å². The second-order valence-corrected chi connectivity index (χ2v) is 3.94. The van der Waals surface area contributed by atoms with Gasteiger partial charge in [0.1, 0.15) is 5.82 Å². The topological polar surface area (TPSA) is 23.5 Å². The minimum Gasteiger partial charge on any atom is -0.391 e. The summed E-state index contributed by atoms with van der Waals surface area (Å²) in [7, 11) is 1.89. The molecular formula is C11H15ClFNO. The number of aliphatic hydroxyl groups excluding tert-OH is 1. The summed E-state index contributed by atoms with van der Waals surface area (Å²) in [5.74, 6) is -0.00416. The molecule has 0 aliphatic carbocycles. The minimum absolute atomic E-state index is 0.230. The van der Waals surface area contributed by atoms with Gasteiger partial charge in [0.2, 0.25) is 0 Å². The van der Waals surface area contributed by atoms with E-state index >= 15 is 0 Å². The molecule has 0 aliphatic heterocycles. The third-order valence-electron chi connectivity index (χ3n) is 2.07. The van der Waals surface area contributed by atoms with E-state index in [1.54, 1.807) is 12.1 Å². The quantitative estimate of drug-likeness (QED) is 0.782. The summed E-state index contributed by atoms with van der Waals surface area (Å²) in [6, 6.07) is 6.33. The van der Waals surface area contributed by atoms with Crippen LogP contribution < -0.4 is 0 Å². The van der Waals surface area contributed by atoms with Crippen LogP contribution in [-0.4, -0.2) is 35.6 Å². The number of nitrogens with zero attached hydrogens (tertiary/aromatic N) is 1. The van der Waals surface area contributed by atoms with Crippen LogP contribution in [0.1, 0.15) is 5.56 Å². The maximum atomic E-state index is 12.6. The van der Waals surface area contributed by atoms with Gasteiger partial charge in [-0.25, -0.2) is 4.39 Å². The van der Waals surface area contributed by atoms with Gasteiger partial charge in [0.05, 0.1) is 6.10 Å². The van der Waals surface area contributed by atoms with Crippen LogP contribution in [0.25, 0.3) is 0 Å². The molecule has 0 saturated carbocycles. The Kier molecular flexibility index (Phi) is 5.02. The maximum Gasteiger partial charge on any atom is 0.123 e. The van der Waals surface area contributed by atoms with E-state index in [1.165, 1.54) is 12.1 Å². The van der Waals surface area contributed by atoms with E-state index in [2.05, 4.69) is 0 Å². The van der Waals surface area contributed by atoms with E-state index in [0.29, 0.717) is 13.1 Å². The van der Waals surface area contributed by atoms with Crippen molar-refractivity contribution < 1.29 is 9.50 Å². The molecule has 84 valence electrons. The number of benzene rings is 1. The Morgan fingerprint density at radius 1 is 1.40 bits per heavy atom. The summed E-state index contributed by atoms with van der Waals surface area (Å²) < 4.78 is 12.6. The highest BCUT2D eigenvalue weighted by atomic mass is 35.5. The average Bonchev–Trinajstić information content (AvgIpc) is 2.21. The predicted molar refractivity (Wildman–Crippen MR) is 59.5 cm³/mol. The largest absolute Gasteiger partial charge is 0.391 e. The van der Waals surface area contributed by atoms with Crippen molar-refractivity contribution in [3.05, 3.63) is 35.6 Å². The van der Waals surface area contributed by atoms with Crippen LogP contribution in [0.3, 0.4) is 0 Å². The first kappa shape index (κ1) is 12.4. The molecule has 1 aromatic carbocycles. The Labute approximate surface area is 94.3 Å². The zero-order valence-corrected chi connectivity index (χ0v) is 9.41. The zero-order chi connectivity index (χ0) is 11.3. The third kappa shape index (κ3) is 4.60. The Bertz CT molecular complexity index is 291. The lowest BCUT2D eigenvalue weighted by atomic mass is 10.2. The highest BCUT2D eigenvalue weighted by molar-refractivity contribution is 6.18. The van der Waals surface area contributed by atoms with Crippen molar-refractivity contribution in [2.45, 2.75) is 12.6 Å². The first-order valence-corrected chi connectivity index (χ1v) is 5.32. The van der Waals surface area contributed by atoms with Gasteiger partial charge in [0.25, 0.3) is 0 Å². The van der Waals surface area contributed by atoms with Gasteiger partial charge < -0.3 is 5.11 Å². The SMILES string of the molecule is CN(Cc1ccc(F)cc1)CC(O)CCl. The lowest BCUT2D eigenvalue weighted by Gasteiger charge is -2.19. The molecule has 0 radical (unpaired) electrons. The van der Waals surface area contributed by atoms with Crippen LogP contribution >= 0.6 is 11.6 Å². The highest BCUT2D eigenvalue weighted by Crippen LogP contribution is 2.06. The highest BCUT2D eigenvalue weighted by Gasteiger charge is 2.07. The van der Waals surface area contributed by atoms with Crippen LogP contribution in [0.15, 0.2) is 24.3 Å². The zero-order valence-electron chi connectivity index (χ0n) is 8.66. The molecule has 0 spiro atoms. The van der Waals surface area contributed by atoms with Gasteiger partial charge in [-0.1, -0.05) is 12.1 Å². The Hall–Kier alpha value is -0.640. The lowest BCUT2D eigenvalue weighted by Crippen LogP contribution is -2.29. The smallest absolute Gasteiger partial charge is 0.123 e. The van der Waals surface area contributed by atoms with Gasteiger partial charge in [-0.05, 0) is 24.7 Å². The molecule has 0 saturated heterocycles. The van der Waals surface area contributed by atoms with E-state index in [-0.39, 0.29) is 11.7 Å². The summed E-state index contributed by atoms with van der Waals surface area (Å²) in [4.78, 5) is 1.94. The third-order valence-corrected chi connectivity index (χ3v) is 2.42. The first-order chi connectivity index (χ1) is 7.11. The number of likely N-dealkylation sites (N-methyl/N-ethyl adjacent to an activating group) is 1. The number of halogens is 2. The van der Waals surface area contributed by atoms with Gasteiger partial charge >= 0.3 is 0 Å². The van der Waals surface area contributed by atoms with Gasteiger partial charge in [0.15, 0.2) is 0 Å². The molecule has 0 bridgehead atoms. The molecule has 1 atom stereocenters. The Balaban J connectivity index is 2.44. The first-order valence-electron chi connectivity index (χ1n) is 4.79. The standard InChI is InChI=1S/C11H15ClFNO/c1-14(8-11(15)6-12)7-9-2-4-10(13)5-3-9/h2-5,11,15H,6-8H2,1H3. The van der Waals surface area contributed by atoms with Crippen LogP contribution in [0.2, 0.25) is 0 Å². The monoisotopic (exact) mass is 231 g/mol. The van der Waals surface area contributed by atoms with Crippen molar-refractivity contribution in [1.82, 2.24) is 4.90 Å². The molecule has 0 aromatic heterocycles. The number of hydrogen-bond acceptors (Lipinski definition) is 2. The second-order valence-electron chi connectivity index (χ2n) is 3.63. The summed E-state index contributed by atoms with van der Waals surface area (Å²) in [6.07, 6.45) is -0.517. The van der Waals surface area contributed by atoms with E-state index < -0.39 is 6.10 Å². The molecule has 0 heterocycles. The number of aliphatic hydroxyl groups is 1. The van der Waals surface area contributed by atoms with E-state index in [4.69, 9.17) is 11.6 Å². The fraction of sp³-hybridized carbons (Fsp3) is 0.455. The number of hydrogen-bond donors (Lipinski definition) is 1. The normalized spacial score (nSPS) is 13.1. The van der Waals surface area contributed by atoms with Gasteiger partial charge in [-0.15, -0.1) is 11.6 Å². The second kappa shape index (κ2) is 6.05. The predicted octanol–water partition coefficient (Wildman–Crippen LogP) is 1.86. The molecular weight excluding hydrogens is 217 g/mol. The van der Waals surface area contributed by atoms with Crippen LogP contribution in [0.4, 0.5) is 4.39 Å². The van der Waals surface area contributed by atoms with Crippen LogP contribution in [-0.2, 0) is 6.54 Å². The van der Waals surface area contributed by atoms with Crippen molar-refractivity contribution in [3.8, 4) is 0 Å². The molecule has 0 aliphatic rings. The lowest BCUT2D eigenvalue weighted by molar-refractivity contribution is 0.141. The molecule has 15 heavy (non-hydrogen) atoms. The summed E-state index contributed by atoms with van der Waals surface area (Å²) >= 11 is 5.49. The van der Waals surface area contributed by atoms with E-state index in [9.17, 15) is 9.50 Å². The molecule has 4 heteroatoms. The van der Waals surface area contributed by atoms with Gasteiger partial charge in [-0.2, -0.15) is 0 Å². The fourth-order valence-electron chi connectivity index (χ4n) is 1.37. The molecule has 0 amide bonds. The van der Waals surface area contributed by atoms with Gasteiger partial charge in [-0.3, -0.25) is 4.90 Å². The molecule has 1 aromatic rings. The summed E-state index contributed by atoms with van der Waals surface area (Å²) in [5.41, 5.74) is 1.01. The van der Waals surface area contributed by atoms with Gasteiger partial charge in [0, 0.05) is 19.0 Å². The Morgan fingerprint density at radius 2 is 2.00 bits per heavy atom. The number of alkyl halides is 1. The van der Waals surface area contributed by atoms with Crippen molar-refractivity contribution in [2.75, 3.05) is 19.5 Å². The van der Waals surface area contributed by atoms with Crippen molar-refractivity contribution in [2.24, 2.45) is 0 Å². The van der Waals surface area contributed by atoms with E-state index in [0.717, 1.165) is 5.56 Å². The van der Waals surface area contributed by atoms with Crippen LogP contribution in [0, 0.1) is 5.82 Å². The Morgan fingerprint density at radius 3 is 2.53 bits per heavy atom. The average molecular weight is 232 g/mol. The van der Waals surface area contributed by atoms with Crippen molar-refractivity contribution in [1.29, 1.82) is 0 Å². The van der Waals surface area contributed by atoms with Crippen molar-refractivity contribution in [3.63, 3.8) is 0 Å². The molecule has 1 unspecified atom stereocenters. The van der Waals surface area contributed by atoms with Crippen molar-refractivity contribution >= 4 is 11.6 Å². The molecule has 0 fully saturated rings.